The van der Waals surface area contributed by atoms with Crippen molar-refractivity contribution >= 4 is 23.9 Å². The normalized spacial score (nSPS) is 34.8. The van der Waals surface area contributed by atoms with Crippen molar-refractivity contribution in [3.05, 3.63) is 12.2 Å². The molecule has 9 heteroatoms. The molecule has 0 radical (unpaired) electrons. The number of methoxy groups -OCH3 is 1. The second kappa shape index (κ2) is 6.71. The van der Waals surface area contributed by atoms with E-state index < -0.39 is 66.2 Å². The summed E-state index contributed by atoms with van der Waals surface area (Å²) in [6.45, 7) is 6.50. The first kappa shape index (κ1) is 18.4. The molecule has 3 aliphatic rings. The van der Waals surface area contributed by atoms with Crippen LogP contribution >= 0.6 is 0 Å². The molecule has 7 unspecified atom stereocenters. The van der Waals surface area contributed by atoms with Crippen LogP contribution in [0.1, 0.15) is 20.3 Å². The summed E-state index contributed by atoms with van der Waals surface area (Å²) in [5, 5.41) is 0. The number of esters is 4. The Kier molecular flexibility index (Phi) is 4.74. The van der Waals surface area contributed by atoms with Crippen LogP contribution in [0.25, 0.3) is 0 Å². The molecule has 7 atom stereocenters. The first-order valence-corrected chi connectivity index (χ1v) is 8.24. The van der Waals surface area contributed by atoms with E-state index in [1.807, 2.05) is 0 Å². The summed E-state index contributed by atoms with van der Waals surface area (Å²) < 4.78 is 26.1. The molecular weight excluding hydrogens is 348 g/mol. The lowest BCUT2D eigenvalue weighted by molar-refractivity contribution is -0.166. The van der Waals surface area contributed by atoms with Crippen LogP contribution in [-0.2, 0) is 42.9 Å². The molecule has 3 heterocycles. The lowest BCUT2D eigenvalue weighted by Crippen LogP contribution is -2.48. The molecule has 0 N–H and O–H groups in total. The van der Waals surface area contributed by atoms with Gasteiger partial charge in [0.1, 0.15) is 30.1 Å². The molecule has 0 spiro atoms. The van der Waals surface area contributed by atoms with Gasteiger partial charge in [0, 0.05) is 5.57 Å². The second-order valence-corrected chi connectivity index (χ2v) is 6.70. The molecule has 3 aliphatic heterocycles. The Hall–Kier alpha value is -2.42. The molecule has 0 aromatic rings. The van der Waals surface area contributed by atoms with Crippen LogP contribution in [0.3, 0.4) is 0 Å². The molecular formula is C17H20O9. The summed E-state index contributed by atoms with van der Waals surface area (Å²) in [6.07, 6.45) is -3.99. The first-order valence-electron chi connectivity index (χ1n) is 8.24. The van der Waals surface area contributed by atoms with Gasteiger partial charge in [0.15, 0.2) is 12.2 Å². The molecule has 9 nitrogen and oxygen atoms in total. The monoisotopic (exact) mass is 368 g/mol. The van der Waals surface area contributed by atoms with Gasteiger partial charge in [0.25, 0.3) is 0 Å². The van der Waals surface area contributed by atoms with Crippen molar-refractivity contribution in [3.8, 4) is 0 Å². The smallest absolute Gasteiger partial charge is 0.333 e. The maximum Gasteiger partial charge on any atom is 0.333 e. The molecule has 3 fully saturated rings. The molecule has 0 aromatic heterocycles. The Morgan fingerprint density at radius 1 is 1.23 bits per heavy atom. The van der Waals surface area contributed by atoms with Crippen LogP contribution in [0, 0.1) is 11.8 Å². The van der Waals surface area contributed by atoms with Gasteiger partial charge in [-0.05, 0) is 13.8 Å². The van der Waals surface area contributed by atoms with Gasteiger partial charge in [-0.2, -0.15) is 0 Å². The maximum atomic E-state index is 12.2. The third kappa shape index (κ3) is 2.96. The van der Waals surface area contributed by atoms with Crippen LogP contribution in [0.5, 0.6) is 0 Å². The van der Waals surface area contributed by atoms with Crippen molar-refractivity contribution < 1.29 is 42.9 Å². The zero-order chi connectivity index (χ0) is 19.2. The van der Waals surface area contributed by atoms with Gasteiger partial charge < -0.3 is 23.7 Å². The number of hydrogen-bond donors (Lipinski definition) is 0. The third-order valence-electron chi connectivity index (χ3n) is 4.76. The standard InChI is InChI=1S/C17H20O9/c1-6(2)15(19)23-7(3)5-8(18)24-13-11-9(16(20)22-4)10-12(25-11)14(13)26-17(10)21/h7,9-14H,1,5H2,2-4H3. The molecule has 142 valence electrons. The number of carbonyl (C=O) groups excluding carboxylic acids is 4. The van der Waals surface area contributed by atoms with Gasteiger partial charge in [-0.25, -0.2) is 4.79 Å². The highest BCUT2D eigenvalue weighted by Gasteiger charge is 2.72. The maximum absolute atomic E-state index is 12.2. The van der Waals surface area contributed by atoms with Crippen molar-refractivity contribution in [1.29, 1.82) is 0 Å². The van der Waals surface area contributed by atoms with Gasteiger partial charge in [-0.1, -0.05) is 6.58 Å². The van der Waals surface area contributed by atoms with Crippen LogP contribution in [0.2, 0.25) is 0 Å². The van der Waals surface area contributed by atoms with E-state index in [4.69, 9.17) is 23.7 Å². The van der Waals surface area contributed by atoms with E-state index in [1.165, 1.54) is 14.0 Å². The minimum Gasteiger partial charge on any atom is -0.469 e. The second-order valence-electron chi connectivity index (χ2n) is 6.70. The number of rotatable bonds is 6. The summed E-state index contributed by atoms with van der Waals surface area (Å²) in [5.74, 6) is -4.02. The zero-order valence-electron chi connectivity index (χ0n) is 14.6. The van der Waals surface area contributed by atoms with Crippen molar-refractivity contribution in [2.75, 3.05) is 7.11 Å². The largest absolute Gasteiger partial charge is 0.469 e. The van der Waals surface area contributed by atoms with Gasteiger partial charge >= 0.3 is 23.9 Å². The molecule has 0 amide bonds. The molecule has 3 saturated heterocycles. The van der Waals surface area contributed by atoms with Crippen LogP contribution in [0.4, 0.5) is 0 Å². The quantitative estimate of drug-likeness (QED) is 0.360. The number of fused-ring (bicyclic) bond motifs is 1. The highest BCUT2D eigenvalue weighted by molar-refractivity contribution is 5.88. The lowest BCUT2D eigenvalue weighted by atomic mass is 9.78. The van der Waals surface area contributed by atoms with Gasteiger partial charge in [0.05, 0.1) is 13.5 Å². The topological polar surface area (TPSA) is 114 Å². The summed E-state index contributed by atoms with van der Waals surface area (Å²) in [7, 11) is 1.21. The van der Waals surface area contributed by atoms with Crippen molar-refractivity contribution in [1.82, 2.24) is 0 Å². The Morgan fingerprint density at radius 2 is 1.92 bits per heavy atom. The third-order valence-corrected chi connectivity index (χ3v) is 4.76. The van der Waals surface area contributed by atoms with Crippen molar-refractivity contribution in [2.24, 2.45) is 11.8 Å². The Bertz CT molecular complexity index is 669. The highest BCUT2D eigenvalue weighted by Crippen LogP contribution is 2.51. The van der Waals surface area contributed by atoms with E-state index in [9.17, 15) is 19.2 Å². The molecule has 26 heavy (non-hydrogen) atoms. The minimum atomic E-state index is -0.900. The predicted molar refractivity (Wildman–Crippen MR) is 82.4 cm³/mol. The van der Waals surface area contributed by atoms with Gasteiger partial charge in [-0.3, -0.25) is 14.4 Å². The van der Waals surface area contributed by atoms with Crippen LogP contribution in [0.15, 0.2) is 12.2 Å². The summed E-state index contributed by atoms with van der Waals surface area (Å²) in [4.78, 5) is 47.7. The van der Waals surface area contributed by atoms with Gasteiger partial charge in [0.2, 0.25) is 0 Å². The van der Waals surface area contributed by atoms with Crippen LogP contribution < -0.4 is 0 Å². The van der Waals surface area contributed by atoms with E-state index >= 15 is 0 Å². The Balaban J connectivity index is 1.64. The van der Waals surface area contributed by atoms with Crippen LogP contribution in [-0.4, -0.2) is 61.5 Å². The lowest BCUT2D eigenvalue weighted by Gasteiger charge is -2.27. The highest BCUT2D eigenvalue weighted by atomic mass is 16.7. The zero-order valence-corrected chi connectivity index (χ0v) is 14.6. The number of hydrogen-bond acceptors (Lipinski definition) is 9. The van der Waals surface area contributed by atoms with E-state index in [1.54, 1.807) is 6.92 Å². The Labute approximate surface area is 149 Å². The van der Waals surface area contributed by atoms with E-state index in [-0.39, 0.29) is 12.0 Å². The molecule has 0 aromatic carbocycles. The first-order chi connectivity index (χ1) is 12.2. The summed E-state index contributed by atoms with van der Waals surface area (Å²) in [5.41, 5.74) is 0.219. The van der Waals surface area contributed by atoms with E-state index in [0.717, 1.165) is 0 Å². The van der Waals surface area contributed by atoms with E-state index in [0.29, 0.717) is 0 Å². The fraction of sp³-hybridized carbons (Fsp3) is 0.647. The average molecular weight is 368 g/mol. The fourth-order valence-electron chi connectivity index (χ4n) is 3.63. The number of carbonyl (C=O) groups is 4. The Morgan fingerprint density at radius 3 is 2.54 bits per heavy atom. The predicted octanol–water partition coefficient (Wildman–Crippen LogP) is -0.0921. The van der Waals surface area contributed by atoms with Crippen molar-refractivity contribution in [2.45, 2.75) is 50.8 Å². The number of ether oxygens (including phenoxy) is 5. The van der Waals surface area contributed by atoms with Gasteiger partial charge in [-0.15, -0.1) is 0 Å². The molecule has 3 rings (SSSR count). The molecule has 0 saturated carbocycles. The SMILES string of the molecule is C=C(C)C(=O)OC(C)CC(=O)OC1C2OC(=O)C3C2OC1C3C(=O)OC. The van der Waals surface area contributed by atoms with E-state index in [2.05, 4.69) is 6.58 Å². The molecule has 2 bridgehead atoms. The summed E-state index contributed by atoms with van der Waals surface area (Å²) in [6, 6.07) is 0. The average Bonchev–Trinajstić information content (AvgIpc) is 3.17. The summed E-state index contributed by atoms with van der Waals surface area (Å²) >= 11 is 0. The minimum absolute atomic E-state index is 0.195. The van der Waals surface area contributed by atoms with Crippen molar-refractivity contribution in [3.63, 3.8) is 0 Å². The molecule has 0 aliphatic carbocycles. The fourth-order valence-corrected chi connectivity index (χ4v) is 3.63.